The quantitative estimate of drug-likeness (QED) is 0.731. The van der Waals surface area contributed by atoms with Crippen molar-refractivity contribution in [3.63, 3.8) is 0 Å². The molecule has 1 aliphatic heterocycles. The lowest BCUT2D eigenvalue weighted by molar-refractivity contribution is 0.0311. The van der Waals surface area contributed by atoms with Gasteiger partial charge in [0.25, 0.3) is 0 Å². The summed E-state index contributed by atoms with van der Waals surface area (Å²) in [6, 6.07) is 1.90. The molecule has 0 radical (unpaired) electrons. The molecule has 1 atom stereocenters. The van der Waals surface area contributed by atoms with E-state index in [1.807, 2.05) is 6.07 Å². The molecule has 1 saturated heterocycles. The highest BCUT2D eigenvalue weighted by Crippen LogP contribution is 2.22. The minimum absolute atomic E-state index is 0.00711. The van der Waals surface area contributed by atoms with Crippen LogP contribution in [0.25, 0.3) is 0 Å². The van der Waals surface area contributed by atoms with E-state index in [9.17, 15) is 8.42 Å². The monoisotopic (exact) mass is 271 g/mol. The third-order valence-electron chi connectivity index (χ3n) is 2.61. The van der Waals surface area contributed by atoms with Crippen molar-refractivity contribution in [3.8, 4) is 6.07 Å². The summed E-state index contributed by atoms with van der Waals surface area (Å²) in [5.74, 6) is -0.0440. The zero-order chi connectivity index (χ0) is 13.3. The number of hydrogen-bond acceptors (Lipinski definition) is 6. The largest absolute Gasteiger partial charge is 0.381 e. The highest BCUT2D eigenvalue weighted by atomic mass is 32.2. The lowest BCUT2D eigenvalue weighted by atomic mass is 10.3. The van der Waals surface area contributed by atoms with E-state index in [0.29, 0.717) is 0 Å². The Bertz CT molecular complexity index is 588. The average Bonchev–Trinajstić information content (AvgIpc) is 2.69. The molecule has 0 aromatic carbocycles. The first-order valence-electron chi connectivity index (χ1n) is 5.25. The number of aromatic nitrogens is 2. The van der Waals surface area contributed by atoms with Gasteiger partial charge in [-0.3, -0.25) is 4.68 Å². The van der Waals surface area contributed by atoms with E-state index in [4.69, 9.17) is 15.7 Å². The van der Waals surface area contributed by atoms with Gasteiger partial charge in [-0.05, 0) is 0 Å². The molecule has 0 bridgehead atoms. The van der Waals surface area contributed by atoms with E-state index in [1.165, 1.54) is 15.2 Å². The van der Waals surface area contributed by atoms with E-state index < -0.39 is 16.1 Å². The van der Waals surface area contributed by atoms with Gasteiger partial charge in [0.15, 0.2) is 11.9 Å². The zero-order valence-electron chi connectivity index (χ0n) is 9.78. The summed E-state index contributed by atoms with van der Waals surface area (Å²) in [5, 5.41) is 12.6. The maximum absolute atomic E-state index is 12.3. The second-order valence-corrected chi connectivity index (χ2v) is 5.81. The molecule has 0 aliphatic carbocycles. The van der Waals surface area contributed by atoms with Crippen LogP contribution in [0.4, 0.5) is 5.82 Å². The van der Waals surface area contributed by atoms with Crippen molar-refractivity contribution < 1.29 is 13.2 Å². The Morgan fingerprint density at radius 2 is 2.39 bits per heavy atom. The predicted octanol–water partition coefficient (Wildman–Crippen LogP) is -1.08. The second kappa shape index (κ2) is 4.56. The van der Waals surface area contributed by atoms with Crippen LogP contribution in [0.1, 0.15) is 0 Å². The van der Waals surface area contributed by atoms with Gasteiger partial charge in [0.2, 0.25) is 10.0 Å². The van der Waals surface area contributed by atoms with Crippen molar-refractivity contribution >= 4 is 15.8 Å². The SMILES string of the molecule is Cn1cc(S(=O)(=O)N2CCOC(C#N)C2)c(N)n1. The number of nitriles is 1. The average molecular weight is 271 g/mol. The van der Waals surface area contributed by atoms with Gasteiger partial charge in [-0.2, -0.15) is 14.7 Å². The molecule has 0 amide bonds. The molecule has 1 aromatic rings. The topological polar surface area (TPSA) is 114 Å². The van der Waals surface area contributed by atoms with Gasteiger partial charge in [0.1, 0.15) is 4.90 Å². The molecule has 8 nitrogen and oxygen atoms in total. The van der Waals surface area contributed by atoms with Crippen molar-refractivity contribution in [1.29, 1.82) is 5.26 Å². The molecule has 18 heavy (non-hydrogen) atoms. The molecule has 2 rings (SSSR count). The summed E-state index contributed by atoms with van der Waals surface area (Å²) in [7, 11) is -2.13. The van der Waals surface area contributed by atoms with Gasteiger partial charge >= 0.3 is 0 Å². The second-order valence-electron chi connectivity index (χ2n) is 3.90. The first-order valence-corrected chi connectivity index (χ1v) is 6.69. The number of rotatable bonds is 2. The first-order chi connectivity index (χ1) is 8.45. The van der Waals surface area contributed by atoms with E-state index in [1.54, 1.807) is 7.05 Å². The summed E-state index contributed by atoms with van der Waals surface area (Å²) in [5.41, 5.74) is 5.57. The Balaban J connectivity index is 2.32. The normalized spacial score (nSPS) is 21.7. The number of hydrogen-bond donors (Lipinski definition) is 1. The summed E-state index contributed by atoms with van der Waals surface area (Å²) in [6.45, 7) is 0.402. The Morgan fingerprint density at radius 1 is 1.67 bits per heavy atom. The fraction of sp³-hybridized carbons (Fsp3) is 0.556. The maximum atomic E-state index is 12.3. The van der Waals surface area contributed by atoms with Gasteiger partial charge in [-0.1, -0.05) is 0 Å². The van der Waals surface area contributed by atoms with Gasteiger partial charge in [0, 0.05) is 19.8 Å². The number of anilines is 1. The number of morpholine rings is 1. The molecule has 9 heteroatoms. The lowest BCUT2D eigenvalue weighted by Gasteiger charge is -2.28. The number of aryl methyl sites for hydroxylation is 1. The number of sulfonamides is 1. The van der Waals surface area contributed by atoms with E-state index >= 15 is 0 Å². The van der Waals surface area contributed by atoms with Crippen molar-refractivity contribution in [2.45, 2.75) is 11.0 Å². The summed E-state index contributed by atoms with van der Waals surface area (Å²) in [6.07, 6.45) is 0.605. The first kappa shape index (κ1) is 12.8. The van der Waals surface area contributed by atoms with Crippen LogP contribution < -0.4 is 5.73 Å². The molecule has 0 saturated carbocycles. The van der Waals surface area contributed by atoms with Crippen molar-refractivity contribution in [1.82, 2.24) is 14.1 Å². The van der Waals surface area contributed by atoms with E-state index in [0.717, 1.165) is 0 Å². The van der Waals surface area contributed by atoms with Gasteiger partial charge in [-0.15, -0.1) is 0 Å². The van der Waals surface area contributed by atoms with Crippen LogP contribution in [-0.4, -0.2) is 48.3 Å². The van der Waals surface area contributed by atoms with E-state index in [2.05, 4.69) is 5.10 Å². The van der Waals surface area contributed by atoms with Gasteiger partial charge in [-0.25, -0.2) is 8.42 Å². The Labute approximate surface area is 105 Å². The molecule has 1 aliphatic rings. The third kappa shape index (κ3) is 2.17. The molecule has 0 spiro atoms. The summed E-state index contributed by atoms with van der Waals surface area (Å²) in [4.78, 5) is -0.0383. The van der Waals surface area contributed by atoms with Crippen LogP contribution in [0.2, 0.25) is 0 Å². The Hall–Kier alpha value is -1.63. The van der Waals surface area contributed by atoms with Crippen molar-refractivity contribution in [3.05, 3.63) is 6.20 Å². The summed E-state index contributed by atoms with van der Waals surface area (Å²) < 4.78 is 32.3. The Morgan fingerprint density at radius 3 is 2.94 bits per heavy atom. The minimum atomic E-state index is -3.72. The summed E-state index contributed by atoms with van der Waals surface area (Å²) >= 11 is 0. The molecular formula is C9H13N5O3S. The molecule has 1 aromatic heterocycles. The highest BCUT2D eigenvalue weighted by Gasteiger charge is 2.33. The molecule has 98 valence electrons. The minimum Gasteiger partial charge on any atom is -0.381 e. The van der Waals surface area contributed by atoms with Crippen LogP contribution in [0.15, 0.2) is 11.1 Å². The third-order valence-corrected chi connectivity index (χ3v) is 4.49. The molecule has 1 fully saturated rings. The molecule has 1 unspecified atom stereocenters. The maximum Gasteiger partial charge on any atom is 0.248 e. The van der Waals surface area contributed by atoms with Crippen LogP contribution in [0, 0.1) is 11.3 Å². The number of nitrogens with zero attached hydrogens (tertiary/aromatic N) is 4. The van der Waals surface area contributed by atoms with E-state index in [-0.39, 0.29) is 30.4 Å². The van der Waals surface area contributed by atoms with Crippen molar-refractivity contribution in [2.24, 2.45) is 7.05 Å². The molecule has 2 heterocycles. The molecular weight excluding hydrogens is 258 g/mol. The number of nitrogens with two attached hydrogens (primary N) is 1. The van der Waals surface area contributed by atoms with Crippen LogP contribution in [0.5, 0.6) is 0 Å². The fourth-order valence-corrected chi connectivity index (χ4v) is 3.26. The molecule has 2 N–H and O–H groups in total. The fourth-order valence-electron chi connectivity index (χ4n) is 1.74. The van der Waals surface area contributed by atoms with Crippen molar-refractivity contribution in [2.75, 3.05) is 25.4 Å². The highest BCUT2D eigenvalue weighted by molar-refractivity contribution is 7.89. The standard InChI is InChI=1S/C9H13N5O3S/c1-13-6-8(9(11)12-13)18(15,16)14-2-3-17-7(4-10)5-14/h6-7H,2-3,5H2,1H3,(H2,11,12). The van der Waals surface area contributed by atoms with Crippen LogP contribution >= 0.6 is 0 Å². The van der Waals surface area contributed by atoms with Crippen LogP contribution in [-0.2, 0) is 21.8 Å². The Kier molecular flexibility index (Phi) is 3.25. The number of ether oxygens (including phenoxy) is 1. The number of nitrogen functional groups attached to an aromatic ring is 1. The smallest absolute Gasteiger partial charge is 0.248 e. The van der Waals surface area contributed by atoms with Gasteiger partial charge in [0.05, 0.1) is 19.2 Å². The predicted molar refractivity (Wildman–Crippen MR) is 61.7 cm³/mol. The van der Waals surface area contributed by atoms with Gasteiger partial charge < -0.3 is 10.5 Å². The lowest BCUT2D eigenvalue weighted by Crippen LogP contribution is -2.45. The zero-order valence-corrected chi connectivity index (χ0v) is 10.6. The van der Waals surface area contributed by atoms with Crippen LogP contribution in [0.3, 0.4) is 0 Å².